The fourth-order valence-corrected chi connectivity index (χ4v) is 1.74. The Labute approximate surface area is 167 Å². The highest BCUT2D eigenvalue weighted by molar-refractivity contribution is 5.76. The van der Waals surface area contributed by atoms with Gasteiger partial charge in [-0.1, -0.05) is 10.2 Å². The quantitative estimate of drug-likeness (QED) is 0.101. The number of nitrogens with zero attached hydrogens (tertiary/aromatic N) is 6. The van der Waals surface area contributed by atoms with Crippen molar-refractivity contribution in [3.8, 4) is 0 Å². The Bertz CT molecular complexity index is 519. The van der Waals surface area contributed by atoms with Gasteiger partial charge >= 0.3 is 11.9 Å². The van der Waals surface area contributed by atoms with Crippen molar-refractivity contribution in [2.24, 2.45) is 10.2 Å². The number of hydrogen-bond donors (Lipinski definition) is 1. The van der Waals surface area contributed by atoms with Crippen LogP contribution in [0.15, 0.2) is 10.2 Å². The van der Waals surface area contributed by atoms with Gasteiger partial charge in [-0.2, -0.15) is 0 Å². The maximum Gasteiger partial charge on any atom is 0.306 e. The van der Waals surface area contributed by atoms with Gasteiger partial charge in [0.1, 0.15) is 6.10 Å². The molecule has 14 nitrogen and oxygen atoms in total. The summed E-state index contributed by atoms with van der Waals surface area (Å²) in [7, 11) is 0. The third kappa shape index (κ3) is 20.0. The summed E-state index contributed by atoms with van der Waals surface area (Å²) in [5.41, 5.74) is 16.3. The normalized spacial score (nSPS) is 11.2. The Morgan fingerprint density at radius 2 is 1.28 bits per heavy atom. The van der Waals surface area contributed by atoms with Crippen molar-refractivity contribution < 1.29 is 38.4 Å². The number of carbonyl (C=O) groups excluding carboxylic acids is 1. The fraction of sp³-hybridized carbons (Fsp3) is 0.867. The molecule has 0 rings (SSSR count). The first-order valence-corrected chi connectivity index (χ1v) is 8.84. The fourth-order valence-electron chi connectivity index (χ4n) is 1.74. The van der Waals surface area contributed by atoms with Crippen molar-refractivity contribution in [2.75, 3.05) is 65.9 Å². The van der Waals surface area contributed by atoms with E-state index in [1.54, 1.807) is 0 Å². The standard InChI is InChI=1S/C15H26N6O8/c16-20-18-3-5-25-7-9-27-11-13(29-15(24)2-1-14(22)23)12-28-10-8-26-6-4-19-21-17/h13H,1-12H2,(H,22,23). The summed E-state index contributed by atoms with van der Waals surface area (Å²) < 4.78 is 26.3. The molecule has 0 spiro atoms. The number of aliphatic carboxylic acids is 1. The van der Waals surface area contributed by atoms with Gasteiger partial charge < -0.3 is 28.8 Å². The lowest BCUT2D eigenvalue weighted by molar-refractivity contribution is -0.158. The van der Waals surface area contributed by atoms with Gasteiger partial charge in [0.15, 0.2) is 0 Å². The maximum absolute atomic E-state index is 11.7. The van der Waals surface area contributed by atoms with Crippen molar-refractivity contribution >= 4 is 11.9 Å². The number of carbonyl (C=O) groups is 2. The van der Waals surface area contributed by atoms with Gasteiger partial charge in [-0.25, -0.2) is 0 Å². The van der Waals surface area contributed by atoms with Gasteiger partial charge in [0.25, 0.3) is 0 Å². The molecular formula is C15H26N6O8. The van der Waals surface area contributed by atoms with E-state index in [9.17, 15) is 9.59 Å². The van der Waals surface area contributed by atoms with Crippen LogP contribution in [0.3, 0.4) is 0 Å². The van der Waals surface area contributed by atoms with E-state index in [0.717, 1.165) is 0 Å². The van der Waals surface area contributed by atoms with E-state index in [1.807, 2.05) is 0 Å². The van der Waals surface area contributed by atoms with E-state index in [2.05, 4.69) is 20.1 Å². The Morgan fingerprint density at radius 1 is 0.793 bits per heavy atom. The molecule has 0 fully saturated rings. The number of rotatable bonds is 20. The molecule has 1 N–H and O–H groups in total. The van der Waals surface area contributed by atoms with Crippen LogP contribution in [-0.4, -0.2) is 89.1 Å². The minimum absolute atomic E-state index is 0.0380. The summed E-state index contributed by atoms with van der Waals surface area (Å²) >= 11 is 0. The van der Waals surface area contributed by atoms with Gasteiger partial charge in [0.2, 0.25) is 0 Å². The number of carboxylic acid groups (broad SMARTS) is 1. The summed E-state index contributed by atoms with van der Waals surface area (Å²) in [5.74, 6) is -1.76. The van der Waals surface area contributed by atoms with Gasteiger partial charge in [-0.15, -0.1) is 0 Å². The zero-order valence-corrected chi connectivity index (χ0v) is 16.1. The van der Waals surface area contributed by atoms with Crippen LogP contribution in [0.1, 0.15) is 12.8 Å². The molecule has 0 aromatic carbocycles. The van der Waals surface area contributed by atoms with Crippen LogP contribution in [0.4, 0.5) is 0 Å². The van der Waals surface area contributed by atoms with Crippen LogP contribution in [0, 0.1) is 0 Å². The first-order valence-electron chi connectivity index (χ1n) is 8.84. The van der Waals surface area contributed by atoms with Crippen molar-refractivity contribution in [3.05, 3.63) is 20.9 Å². The monoisotopic (exact) mass is 418 g/mol. The van der Waals surface area contributed by atoms with E-state index in [4.69, 9.17) is 39.9 Å². The molecule has 0 aliphatic rings. The number of ether oxygens (including phenoxy) is 5. The molecule has 0 aliphatic heterocycles. The molecule has 0 unspecified atom stereocenters. The molecule has 164 valence electrons. The highest BCUT2D eigenvalue weighted by Gasteiger charge is 2.16. The Hall–Kier alpha value is -2.60. The smallest absolute Gasteiger partial charge is 0.306 e. The zero-order valence-electron chi connectivity index (χ0n) is 16.1. The van der Waals surface area contributed by atoms with Crippen molar-refractivity contribution in [1.82, 2.24) is 0 Å². The van der Waals surface area contributed by atoms with Crippen LogP contribution in [0.2, 0.25) is 0 Å². The average molecular weight is 418 g/mol. The minimum atomic E-state index is -1.10. The third-order valence-corrected chi connectivity index (χ3v) is 2.99. The predicted octanol–water partition coefficient (Wildman–Crippen LogP) is 1.45. The molecular weight excluding hydrogens is 392 g/mol. The Kier molecular flexibility index (Phi) is 18.3. The topological polar surface area (TPSA) is 198 Å². The van der Waals surface area contributed by atoms with Crippen LogP contribution in [0.25, 0.3) is 20.9 Å². The van der Waals surface area contributed by atoms with Gasteiger partial charge in [0, 0.05) is 22.9 Å². The summed E-state index contributed by atoms with van der Waals surface area (Å²) in [6.45, 7) is 2.03. The summed E-state index contributed by atoms with van der Waals surface area (Å²) in [5, 5.41) is 15.2. The highest BCUT2D eigenvalue weighted by atomic mass is 16.6. The molecule has 0 radical (unpaired) electrons. The summed E-state index contributed by atoms with van der Waals surface area (Å²) in [6, 6.07) is 0. The SMILES string of the molecule is [N-]=[N+]=NCCOCCOCC(COCCOCCN=[N+]=[N-])OC(=O)CCC(=O)O. The summed E-state index contributed by atoms with van der Waals surface area (Å²) in [4.78, 5) is 27.4. The first-order chi connectivity index (χ1) is 14.1. The predicted molar refractivity (Wildman–Crippen MR) is 98.1 cm³/mol. The highest BCUT2D eigenvalue weighted by Crippen LogP contribution is 2.01. The second-order valence-electron chi connectivity index (χ2n) is 5.29. The van der Waals surface area contributed by atoms with Gasteiger partial charge in [0.05, 0.1) is 65.7 Å². The minimum Gasteiger partial charge on any atom is -0.481 e. The number of carboxylic acids is 1. The molecule has 0 saturated heterocycles. The largest absolute Gasteiger partial charge is 0.481 e. The molecule has 0 atom stereocenters. The van der Waals surface area contributed by atoms with Crippen molar-refractivity contribution in [1.29, 1.82) is 0 Å². The number of esters is 1. The maximum atomic E-state index is 11.7. The third-order valence-electron chi connectivity index (χ3n) is 2.99. The number of azide groups is 2. The molecule has 0 aromatic rings. The lowest BCUT2D eigenvalue weighted by Crippen LogP contribution is -2.30. The molecule has 0 heterocycles. The van der Waals surface area contributed by atoms with Crippen LogP contribution < -0.4 is 0 Å². The van der Waals surface area contributed by atoms with E-state index in [0.29, 0.717) is 0 Å². The number of hydrogen-bond acceptors (Lipinski definition) is 9. The molecule has 0 aliphatic carbocycles. The van der Waals surface area contributed by atoms with E-state index in [1.165, 1.54) is 0 Å². The molecule has 0 saturated carbocycles. The van der Waals surface area contributed by atoms with Gasteiger partial charge in [-0.3, -0.25) is 9.59 Å². The van der Waals surface area contributed by atoms with Gasteiger partial charge in [-0.05, 0) is 11.1 Å². The molecule has 0 amide bonds. The Balaban J connectivity index is 4.07. The second kappa shape index (κ2) is 20.1. The zero-order chi connectivity index (χ0) is 21.6. The van der Waals surface area contributed by atoms with Crippen LogP contribution in [-0.2, 0) is 33.3 Å². The van der Waals surface area contributed by atoms with E-state index in [-0.39, 0.29) is 78.8 Å². The van der Waals surface area contributed by atoms with Crippen LogP contribution >= 0.6 is 0 Å². The lowest BCUT2D eigenvalue weighted by Gasteiger charge is -2.18. The van der Waals surface area contributed by atoms with E-state index < -0.39 is 18.0 Å². The summed E-state index contributed by atoms with van der Waals surface area (Å²) in [6.07, 6.45) is -1.30. The molecule has 0 bridgehead atoms. The molecule has 29 heavy (non-hydrogen) atoms. The van der Waals surface area contributed by atoms with Crippen molar-refractivity contribution in [3.63, 3.8) is 0 Å². The molecule has 14 heteroatoms. The Morgan fingerprint density at radius 3 is 1.72 bits per heavy atom. The van der Waals surface area contributed by atoms with Crippen LogP contribution in [0.5, 0.6) is 0 Å². The molecule has 0 aromatic heterocycles. The van der Waals surface area contributed by atoms with Crippen molar-refractivity contribution in [2.45, 2.75) is 18.9 Å². The van der Waals surface area contributed by atoms with E-state index >= 15 is 0 Å². The average Bonchev–Trinajstić information content (AvgIpc) is 2.70. The second-order valence-corrected chi connectivity index (χ2v) is 5.29. The first kappa shape index (κ1) is 26.4. The lowest BCUT2D eigenvalue weighted by atomic mass is 10.3.